The van der Waals surface area contributed by atoms with Gasteiger partial charge in [-0.25, -0.2) is 4.98 Å². The normalized spacial score (nSPS) is 10.7. The molecule has 0 unspecified atom stereocenters. The van der Waals surface area contributed by atoms with Gasteiger partial charge < -0.3 is 9.47 Å². The molecule has 7 nitrogen and oxygen atoms in total. The molecule has 0 bridgehead atoms. The third-order valence-corrected chi connectivity index (χ3v) is 6.06. The van der Waals surface area contributed by atoms with E-state index in [1.54, 1.807) is 31.6 Å². The van der Waals surface area contributed by atoms with Gasteiger partial charge in [0.05, 0.1) is 30.5 Å². The Bertz CT molecular complexity index is 1150. The van der Waals surface area contributed by atoms with Gasteiger partial charge in [0.15, 0.2) is 22.3 Å². The number of carbonyl (C=O) groups is 1. The van der Waals surface area contributed by atoms with Crippen molar-refractivity contribution in [3.63, 3.8) is 0 Å². The second-order valence-electron chi connectivity index (χ2n) is 6.09. The minimum Gasteiger partial charge on any atom is -0.493 e. The number of ether oxygens (including phenoxy) is 2. The third-order valence-electron chi connectivity index (χ3n) is 4.27. The summed E-state index contributed by atoms with van der Waals surface area (Å²) in [6.45, 7) is 1.96. The molecule has 3 heterocycles. The van der Waals surface area contributed by atoms with Crippen LogP contribution in [0.1, 0.15) is 15.4 Å². The highest BCUT2D eigenvalue weighted by Gasteiger charge is 2.17. The van der Waals surface area contributed by atoms with Crippen molar-refractivity contribution in [1.29, 1.82) is 0 Å². The molecule has 1 aromatic carbocycles. The van der Waals surface area contributed by atoms with E-state index < -0.39 is 0 Å². The standard InChI is InChI=1S/C20H18N4O3S2/c1-11-18(12-6-7-15(26-2)16(9-12)27-3)21-20(29-11)22-19(25)14-10-13(23-24-14)17-5-4-8-28-17/h4-10H,1-3H3,(H,23,24)(H,21,22,25). The molecule has 0 aliphatic rings. The molecule has 2 N–H and O–H groups in total. The van der Waals surface area contributed by atoms with Crippen LogP contribution in [0.3, 0.4) is 0 Å². The molecule has 148 valence electrons. The van der Waals surface area contributed by atoms with Crippen molar-refractivity contribution in [3.05, 3.63) is 52.3 Å². The van der Waals surface area contributed by atoms with Gasteiger partial charge in [-0.2, -0.15) is 5.10 Å². The Morgan fingerprint density at radius 1 is 1.14 bits per heavy atom. The molecule has 0 aliphatic carbocycles. The fourth-order valence-electron chi connectivity index (χ4n) is 2.86. The zero-order valence-corrected chi connectivity index (χ0v) is 17.6. The fourth-order valence-corrected chi connectivity index (χ4v) is 4.38. The second-order valence-corrected chi connectivity index (χ2v) is 8.24. The van der Waals surface area contributed by atoms with Gasteiger partial charge in [-0.3, -0.25) is 15.2 Å². The highest BCUT2D eigenvalue weighted by molar-refractivity contribution is 7.16. The van der Waals surface area contributed by atoms with Crippen molar-refractivity contribution in [2.24, 2.45) is 0 Å². The number of hydrogen-bond acceptors (Lipinski definition) is 7. The number of amides is 1. The minimum atomic E-state index is -0.309. The van der Waals surface area contributed by atoms with E-state index in [-0.39, 0.29) is 5.91 Å². The first-order chi connectivity index (χ1) is 14.1. The molecular formula is C20H18N4O3S2. The molecule has 3 aromatic heterocycles. The molecule has 0 spiro atoms. The van der Waals surface area contributed by atoms with Crippen molar-refractivity contribution < 1.29 is 14.3 Å². The fraction of sp³-hybridized carbons (Fsp3) is 0.150. The Labute approximate surface area is 175 Å². The Kier molecular flexibility index (Phi) is 5.32. The molecule has 0 radical (unpaired) electrons. The summed E-state index contributed by atoms with van der Waals surface area (Å²) < 4.78 is 10.7. The summed E-state index contributed by atoms with van der Waals surface area (Å²) in [6, 6.07) is 11.3. The van der Waals surface area contributed by atoms with Crippen LogP contribution in [0.5, 0.6) is 11.5 Å². The number of rotatable bonds is 6. The number of thiazole rings is 1. The third kappa shape index (κ3) is 3.87. The number of benzene rings is 1. The quantitative estimate of drug-likeness (QED) is 0.460. The lowest BCUT2D eigenvalue weighted by atomic mass is 10.1. The Hall–Kier alpha value is -3.17. The summed E-state index contributed by atoms with van der Waals surface area (Å²) >= 11 is 2.99. The lowest BCUT2D eigenvalue weighted by molar-refractivity contribution is 0.102. The van der Waals surface area contributed by atoms with Crippen molar-refractivity contribution in [2.75, 3.05) is 19.5 Å². The molecule has 0 atom stereocenters. The monoisotopic (exact) mass is 426 g/mol. The molecule has 0 saturated heterocycles. The predicted octanol–water partition coefficient (Wildman–Crippen LogP) is 4.84. The van der Waals surface area contributed by atoms with Crippen LogP contribution in [0, 0.1) is 6.92 Å². The van der Waals surface area contributed by atoms with Crippen molar-refractivity contribution in [1.82, 2.24) is 15.2 Å². The SMILES string of the molecule is COc1ccc(-c2nc(NC(=O)c3cc(-c4cccs4)[nH]n3)sc2C)cc1OC. The largest absolute Gasteiger partial charge is 0.493 e. The predicted molar refractivity (Wildman–Crippen MR) is 115 cm³/mol. The average Bonchev–Trinajstić information content (AvgIpc) is 3.48. The van der Waals surface area contributed by atoms with Crippen LogP contribution >= 0.6 is 22.7 Å². The molecule has 29 heavy (non-hydrogen) atoms. The first-order valence-corrected chi connectivity index (χ1v) is 10.4. The maximum atomic E-state index is 12.6. The smallest absolute Gasteiger partial charge is 0.277 e. The minimum absolute atomic E-state index is 0.309. The number of H-pyrrole nitrogens is 1. The molecule has 0 fully saturated rings. The van der Waals surface area contributed by atoms with E-state index in [2.05, 4.69) is 20.5 Å². The van der Waals surface area contributed by atoms with Gasteiger partial charge in [0.1, 0.15) is 0 Å². The number of nitrogens with one attached hydrogen (secondary N) is 2. The van der Waals surface area contributed by atoms with Crippen molar-refractivity contribution in [3.8, 4) is 33.3 Å². The van der Waals surface area contributed by atoms with Gasteiger partial charge in [0, 0.05) is 10.4 Å². The number of aromatic amines is 1. The van der Waals surface area contributed by atoms with Gasteiger partial charge in [0.2, 0.25) is 0 Å². The summed E-state index contributed by atoms with van der Waals surface area (Å²) in [5, 5.41) is 12.3. The summed E-state index contributed by atoms with van der Waals surface area (Å²) in [7, 11) is 3.19. The van der Waals surface area contributed by atoms with Crippen LogP contribution in [-0.2, 0) is 0 Å². The number of nitrogens with zero attached hydrogens (tertiary/aromatic N) is 2. The number of carbonyl (C=O) groups excluding carboxylic acids is 1. The van der Waals surface area contributed by atoms with Crippen LogP contribution in [-0.4, -0.2) is 35.3 Å². The summed E-state index contributed by atoms with van der Waals surface area (Å²) in [6.07, 6.45) is 0. The topological polar surface area (TPSA) is 89.1 Å². The zero-order valence-electron chi connectivity index (χ0n) is 16.0. The van der Waals surface area contributed by atoms with Crippen LogP contribution in [0.2, 0.25) is 0 Å². The van der Waals surface area contributed by atoms with E-state index >= 15 is 0 Å². The molecule has 0 aliphatic heterocycles. The Morgan fingerprint density at radius 2 is 1.97 bits per heavy atom. The second kappa shape index (κ2) is 8.06. The number of thiophene rings is 1. The van der Waals surface area contributed by atoms with Crippen molar-refractivity contribution >= 4 is 33.7 Å². The Balaban J connectivity index is 1.55. The Morgan fingerprint density at radius 3 is 2.69 bits per heavy atom. The zero-order chi connectivity index (χ0) is 20.4. The molecular weight excluding hydrogens is 408 g/mol. The lowest BCUT2D eigenvalue weighted by Crippen LogP contribution is -2.12. The number of aryl methyl sites for hydroxylation is 1. The number of aromatic nitrogens is 3. The van der Waals surface area contributed by atoms with Gasteiger partial charge in [-0.1, -0.05) is 6.07 Å². The highest BCUT2D eigenvalue weighted by atomic mass is 32.1. The van der Waals surface area contributed by atoms with E-state index in [4.69, 9.17) is 9.47 Å². The number of anilines is 1. The first kappa shape index (κ1) is 19.2. The maximum absolute atomic E-state index is 12.6. The van der Waals surface area contributed by atoms with Gasteiger partial charge in [0.25, 0.3) is 5.91 Å². The maximum Gasteiger partial charge on any atom is 0.277 e. The summed E-state index contributed by atoms with van der Waals surface area (Å²) in [5.74, 6) is 0.968. The lowest BCUT2D eigenvalue weighted by Gasteiger charge is -2.08. The van der Waals surface area contributed by atoms with E-state index in [1.165, 1.54) is 11.3 Å². The van der Waals surface area contributed by atoms with Crippen LogP contribution in [0.15, 0.2) is 41.8 Å². The molecule has 4 rings (SSSR count). The summed E-state index contributed by atoms with van der Waals surface area (Å²) in [4.78, 5) is 19.2. The van der Waals surface area contributed by atoms with Crippen LogP contribution < -0.4 is 14.8 Å². The highest BCUT2D eigenvalue weighted by Crippen LogP contribution is 2.36. The van der Waals surface area contributed by atoms with Gasteiger partial charge in [-0.05, 0) is 42.6 Å². The van der Waals surface area contributed by atoms with Crippen LogP contribution in [0.4, 0.5) is 5.13 Å². The molecule has 0 saturated carbocycles. The van der Waals surface area contributed by atoms with E-state index in [9.17, 15) is 4.79 Å². The van der Waals surface area contributed by atoms with Crippen LogP contribution in [0.25, 0.3) is 21.8 Å². The average molecular weight is 427 g/mol. The molecule has 4 aromatic rings. The van der Waals surface area contributed by atoms with E-state index in [0.29, 0.717) is 22.3 Å². The molecule has 1 amide bonds. The van der Waals surface area contributed by atoms with Gasteiger partial charge >= 0.3 is 0 Å². The van der Waals surface area contributed by atoms with E-state index in [1.807, 2.05) is 42.6 Å². The van der Waals surface area contributed by atoms with Gasteiger partial charge in [-0.15, -0.1) is 22.7 Å². The van der Waals surface area contributed by atoms with Crippen molar-refractivity contribution in [2.45, 2.75) is 6.92 Å². The summed E-state index contributed by atoms with van der Waals surface area (Å²) in [5.41, 5.74) is 2.80. The number of hydrogen-bond donors (Lipinski definition) is 2. The molecule has 9 heteroatoms. The van der Waals surface area contributed by atoms with E-state index in [0.717, 1.165) is 26.7 Å². The number of methoxy groups -OCH3 is 2. The first-order valence-electron chi connectivity index (χ1n) is 8.69.